The zero-order valence-corrected chi connectivity index (χ0v) is 13.1. The van der Waals surface area contributed by atoms with Crippen LogP contribution >= 0.6 is 0 Å². The molecule has 0 aromatic heterocycles. The molecule has 2 aliphatic carbocycles. The van der Waals surface area contributed by atoms with Crippen molar-refractivity contribution in [2.75, 3.05) is 13.2 Å². The van der Waals surface area contributed by atoms with E-state index in [1.54, 1.807) is 0 Å². The van der Waals surface area contributed by atoms with Crippen LogP contribution in [0, 0.1) is 17.3 Å². The Morgan fingerprint density at radius 3 is 2.95 bits per heavy atom. The number of hydrogen-bond acceptors (Lipinski definition) is 4. The van der Waals surface area contributed by atoms with Gasteiger partial charge in [-0.3, -0.25) is 0 Å². The van der Waals surface area contributed by atoms with Crippen LogP contribution < -0.4 is 0 Å². The third-order valence-electron chi connectivity index (χ3n) is 6.03. The lowest BCUT2D eigenvalue weighted by atomic mass is 9.55. The van der Waals surface area contributed by atoms with Crippen molar-refractivity contribution < 1.29 is 19.4 Å². The summed E-state index contributed by atoms with van der Waals surface area (Å²) in [4.78, 5) is 12.3. The Morgan fingerprint density at radius 1 is 1.52 bits per heavy atom. The minimum atomic E-state index is -1.15. The van der Waals surface area contributed by atoms with Crippen LogP contribution in [0.5, 0.6) is 0 Å². The molecule has 0 amide bonds. The van der Waals surface area contributed by atoms with Gasteiger partial charge in [0, 0.05) is 12.5 Å². The van der Waals surface area contributed by atoms with Gasteiger partial charge in [0.1, 0.15) is 6.10 Å². The zero-order chi connectivity index (χ0) is 15.3. The lowest BCUT2D eigenvalue weighted by molar-refractivity contribution is -0.166. The lowest BCUT2D eigenvalue weighted by Crippen LogP contribution is -2.53. The van der Waals surface area contributed by atoms with Gasteiger partial charge in [-0.1, -0.05) is 19.1 Å². The molecule has 0 aromatic carbocycles. The Balaban J connectivity index is 1.93. The molecule has 4 nitrogen and oxygen atoms in total. The fourth-order valence-corrected chi connectivity index (χ4v) is 4.92. The fourth-order valence-electron chi connectivity index (χ4n) is 4.92. The van der Waals surface area contributed by atoms with E-state index in [0.29, 0.717) is 12.5 Å². The van der Waals surface area contributed by atoms with E-state index in [2.05, 4.69) is 13.5 Å². The van der Waals surface area contributed by atoms with Gasteiger partial charge in [0.05, 0.1) is 6.61 Å². The van der Waals surface area contributed by atoms with Crippen LogP contribution in [0.1, 0.15) is 46.0 Å². The van der Waals surface area contributed by atoms with Crippen molar-refractivity contribution in [3.8, 4) is 0 Å². The Hall–Kier alpha value is -0.870. The van der Waals surface area contributed by atoms with Crippen molar-refractivity contribution in [2.45, 2.75) is 57.7 Å². The van der Waals surface area contributed by atoms with E-state index in [4.69, 9.17) is 9.47 Å². The molecule has 0 unspecified atom stereocenters. The van der Waals surface area contributed by atoms with Gasteiger partial charge in [-0.25, -0.2) is 4.79 Å². The van der Waals surface area contributed by atoms with Crippen molar-refractivity contribution in [2.24, 2.45) is 17.3 Å². The van der Waals surface area contributed by atoms with Crippen LogP contribution in [-0.4, -0.2) is 36.0 Å². The van der Waals surface area contributed by atoms with Gasteiger partial charge in [0.15, 0.2) is 5.60 Å². The number of carbonyl (C=O) groups is 1. The maximum absolute atomic E-state index is 12.3. The fraction of sp³-hybridized carbons (Fsp3) is 0.824. The van der Waals surface area contributed by atoms with Crippen LogP contribution in [0.3, 0.4) is 0 Å². The molecule has 4 heteroatoms. The highest BCUT2D eigenvalue weighted by atomic mass is 16.6. The van der Waals surface area contributed by atoms with E-state index in [0.717, 1.165) is 25.7 Å². The predicted octanol–water partition coefficient (Wildman–Crippen LogP) is 2.45. The standard InChI is InChI=1S/C17H26O4/c1-4-20-17(10-18)13-8-12-11(2)6-5-7-16(12,3)9-14(13)21-15(17)19/h12-14,18H,2,4-10H2,1,3H3/t12-,13-,14+,16+,17-/m1/s1. The number of fused-ring (bicyclic) bond motifs is 2. The monoisotopic (exact) mass is 294 g/mol. The average molecular weight is 294 g/mol. The predicted molar refractivity (Wildman–Crippen MR) is 78.6 cm³/mol. The molecule has 1 heterocycles. The number of esters is 1. The highest BCUT2D eigenvalue weighted by Gasteiger charge is 2.63. The molecule has 0 bridgehead atoms. The molecule has 0 spiro atoms. The first-order valence-electron chi connectivity index (χ1n) is 8.10. The topological polar surface area (TPSA) is 55.8 Å². The maximum atomic E-state index is 12.3. The third-order valence-corrected chi connectivity index (χ3v) is 6.03. The van der Waals surface area contributed by atoms with Crippen LogP contribution in [-0.2, 0) is 14.3 Å². The van der Waals surface area contributed by atoms with Crippen LogP contribution in [0.4, 0.5) is 0 Å². The molecule has 21 heavy (non-hydrogen) atoms. The van der Waals surface area contributed by atoms with Crippen LogP contribution in [0.2, 0.25) is 0 Å². The molecular weight excluding hydrogens is 268 g/mol. The third kappa shape index (κ3) is 2.07. The highest BCUT2D eigenvalue weighted by Crippen LogP contribution is 2.58. The average Bonchev–Trinajstić information content (AvgIpc) is 2.69. The number of aliphatic hydroxyl groups is 1. The lowest BCUT2D eigenvalue weighted by Gasteiger charge is -2.50. The summed E-state index contributed by atoms with van der Waals surface area (Å²) in [5, 5.41) is 9.83. The summed E-state index contributed by atoms with van der Waals surface area (Å²) in [6.45, 7) is 8.53. The molecule has 1 N–H and O–H groups in total. The second-order valence-corrected chi connectivity index (χ2v) is 7.19. The SMILES string of the molecule is C=C1CCC[C@@]2(C)C[C@@H]3OC(=O)[C@](CO)(OCC)[C@@H]3C[C@H]12. The van der Waals surface area contributed by atoms with Gasteiger partial charge in [0.2, 0.25) is 0 Å². The second kappa shape index (κ2) is 5.10. The molecule has 1 saturated heterocycles. The molecule has 3 fully saturated rings. The summed E-state index contributed by atoms with van der Waals surface area (Å²) in [5.74, 6) is -0.0223. The Labute approximate surface area is 126 Å². The zero-order valence-electron chi connectivity index (χ0n) is 13.1. The van der Waals surface area contributed by atoms with Crippen LogP contribution in [0.15, 0.2) is 12.2 Å². The summed E-state index contributed by atoms with van der Waals surface area (Å²) in [7, 11) is 0. The highest BCUT2D eigenvalue weighted by molar-refractivity contribution is 5.83. The van der Waals surface area contributed by atoms with E-state index < -0.39 is 5.60 Å². The molecule has 2 saturated carbocycles. The van der Waals surface area contributed by atoms with E-state index >= 15 is 0 Å². The smallest absolute Gasteiger partial charge is 0.341 e. The Morgan fingerprint density at radius 2 is 2.29 bits per heavy atom. The number of carbonyl (C=O) groups excluding carboxylic acids is 1. The van der Waals surface area contributed by atoms with Crippen LogP contribution in [0.25, 0.3) is 0 Å². The van der Waals surface area contributed by atoms with Gasteiger partial charge in [-0.15, -0.1) is 0 Å². The maximum Gasteiger partial charge on any atom is 0.341 e. The summed E-state index contributed by atoms with van der Waals surface area (Å²) in [6.07, 6.45) is 5.00. The molecule has 0 aromatic rings. The minimum Gasteiger partial charge on any atom is -0.460 e. The first-order valence-corrected chi connectivity index (χ1v) is 8.10. The second-order valence-electron chi connectivity index (χ2n) is 7.19. The van der Waals surface area contributed by atoms with Gasteiger partial charge in [-0.05, 0) is 50.4 Å². The van der Waals surface area contributed by atoms with E-state index in [1.165, 1.54) is 12.0 Å². The largest absolute Gasteiger partial charge is 0.460 e. The van der Waals surface area contributed by atoms with Gasteiger partial charge < -0.3 is 14.6 Å². The summed E-state index contributed by atoms with van der Waals surface area (Å²) in [6, 6.07) is 0. The van der Waals surface area contributed by atoms with Crippen molar-refractivity contribution in [1.29, 1.82) is 0 Å². The quantitative estimate of drug-likeness (QED) is 0.641. The van der Waals surface area contributed by atoms with Crippen molar-refractivity contribution in [3.63, 3.8) is 0 Å². The summed E-state index contributed by atoms with van der Waals surface area (Å²) >= 11 is 0. The Kier molecular flexibility index (Phi) is 3.65. The molecule has 0 radical (unpaired) electrons. The van der Waals surface area contributed by atoms with Gasteiger partial charge in [0.25, 0.3) is 0 Å². The molecule has 3 rings (SSSR count). The van der Waals surface area contributed by atoms with E-state index in [-0.39, 0.29) is 30.0 Å². The van der Waals surface area contributed by atoms with Crippen molar-refractivity contribution in [3.05, 3.63) is 12.2 Å². The number of hydrogen-bond donors (Lipinski definition) is 1. The van der Waals surface area contributed by atoms with Crippen molar-refractivity contribution in [1.82, 2.24) is 0 Å². The first kappa shape index (κ1) is 15.0. The van der Waals surface area contributed by atoms with E-state index in [1.807, 2.05) is 6.92 Å². The summed E-state index contributed by atoms with van der Waals surface area (Å²) < 4.78 is 11.3. The molecule has 1 aliphatic heterocycles. The van der Waals surface area contributed by atoms with E-state index in [9.17, 15) is 9.90 Å². The number of ether oxygens (including phenoxy) is 2. The molecule has 3 aliphatic rings. The summed E-state index contributed by atoms with van der Waals surface area (Å²) in [5.41, 5.74) is 0.317. The minimum absolute atomic E-state index is 0.0529. The number of allylic oxidation sites excluding steroid dienone is 1. The van der Waals surface area contributed by atoms with Gasteiger partial charge >= 0.3 is 5.97 Å². The molecule has 5 atom stereocenters. The normalized spacial score (nSPS) is 46.0. The number of rotatable bonds is 3. The molecule has 118 valence electrons. The number of aliphatic hydroxyl groups excluding tert-OH is 1. The Bertz CT molecular complexity index is 460. The van der Waals surface area contributed by atoms with Crippen molar-refractivity contribution >= 4 is 5.97 Å². The van der Waals surface area contributed by atoms with Gasteiger partial charge in [-0.2, -0.15) is 0 Å². The first-order chi connectivity index (χ1) is 9.97. The molecular formula is C17H26O4.